The van der Waals surface area contributed by atoms with E-state index >= 15 is 0 Å². The maximum Gasteiger partial charge on any atom is 0.0391 e. The average Bonchev–Trinajstić information content (AvgIpc) is 2.68. The molecule has 94 valence electrons. The third-order valence-corrected chi connectivity index (χ3v) is 4.69. The summed E-state index contributed by atoms with van der Waals surface area (Å²) in [7, 11) is 0. The fraction of sp³-hybridized carbons (Fsp3) is 0.375. The first-order valence-corrected chi connectivity index (χ1v) is 7.12. The fourth-order valence-electron chi connectivity index (χ4n) is 2.34. The molecular formula is C16H19NS. The molecular weight excluding hydrogens is 238 g/mol. The van der Waals surface area contributed by atoms with Crippen LogP contribution in [0.15, 0.2) is 24.3 Å². The molecule has 2 aromatic rings. The number of hydrogen-bond donors (Lipinski definition) is 1. The van der Waals surface area contributed by atoms with Crippen molar-refractivity contribution in [1.29, 1.82) is 0 Å². The zero-order valence-electron chi connectivity index (χ0n) is 11.2. The summed E-state index contributed by atoms with van der Waals surface area (Å²) in [6.45, 7) is 6.56. The van der Waals surface area contributed by atoms with Gasteiger partial charge in [-0.25, -0.2) is 0 Å². The lowest BCUT2D eigenvalue weighted by atomic mass is 10.1. The number of aryl methyl sites for hydroxylation is 1. The summed E-state index contributed by atoms with van der Waals surface area (Å²) in [6.07, 6.45) is 6.12. The Morgan fingerprint density at radius 1 is 1.33 bits per heavy atom. The standard InChI is InChI=1S/C16H19NS/c1-5-8-11(2)17-13(4)16-12(3)14-9-6-7-10-15(14)18-16/h1,6-7,9-11,13,17H,8H2,2-4H3. The van der Waals surface area contributed by atoms with Crippen LogP contribution in [0.25, 0.3) is 10.1 Å². The molecule has 0 aliphatic rings. The molecule has 1 aromatic carbocycles. The van der Waals surface area contributed by atoms with Crippen LogP contribution < -0.4 is 5.32 Å². The van der Waals surface area contributed by atoms with Crippen molar-refractivity contribution in [1.82, 2.24) is 5.32 Å². The van der Waals surface area contributed by atoms with E-state index in [-0.39, 0.29) is 0 Å². The third kappa shape index (κ3) is 2.58. The molecule has 18 heavy (non-hydrogen) atoms. The molecule has 1 heterocycles. The summed E-state index contributed by atoms with van der Waals surface area (Å²) in [5, 5.41) is 4.94. The zero-order chi connectivity index (χ0) is 13.1. The Morgan fingerprint density at radius 2 is 2.06 bits per heavy atom. The quantitative estimate of drug-likeness (QED) is 0.806. The highest BCUT2D eigenvalue weighted by Crippen LogP contribution is 2.34. The number of terminal acetylenes is 1. The van der Waals surface area contributed by atoms with Crippen molar-refractivity contribution in [2.75, 3.05) is 0 Å². The van der Waals surface area contributed by atoms with Crippen LogP contribution >= 0.6 is 11.3 Å². The number of hydrogen-bond acceptors (Lipinski definition) is 2. The van der Waals surface area contributed by atoms with E-state index in [4.69, 9.17) is 6.42 Å². The predicted octanol–water partition coefficient (Wildman–Crippen LogP) is 4.27. The lowest BCUT2D eigenvalue weighted by Crippen LogP contribution is -2.28. The van der Waals surface area contributed by atoms with Gasteiger partial charge in [-0.05, 0) is 37.8 Å². The van der Waals surface area contributed by atoms with Gasteiger partial charge in [-0.2, -0.15) is 0 Å². The molecule has 0 aliphatic heterocycles. The van der Waals surface area contributed by atoms with Gasteiger partial charge in [0.15, 0.2) is 0 Å². The minimum absolute atomic E-state index is 0.353. The van der Waals surface area contributed by atoms with Gasteiger partial charge in [0.25, 0.3) is 0 Å². The molecule has 2 rings (SSSR count). The molecule has 0 aliphatic carbocycles. The largest absolute Gasteiger partial charge is 0.306 e. The van der Waals surface area contributed by atoms with Crippen molar-refractivity contribution in [3.63, 3.8) is 0 Å². The Morgan fingerprint density at radius 3 is 2.72 bits per heavy atom. The molecule has 0 bridgehead atoms. The van der Waals surface area contributed by atoms with E-state index < -0.39 is 0 Å². The van der Waals surface area contributed by atoms with Crippen LogP contribution in [-0.4, -0.2) is 6.04 Å². The zero-order valence-corrected chi connectivity index (χ0v) is 12.0. The summed E-state index contributed by atoms with van der Waals surface area (Å²) in [5.74, 6) is 2.71. The Kier molecular flexibility index (Phi) is 4.06. The van der Waals surface area contributed by atoms with Crippen LogP contribution in [0.4, 0.5) is 0 Å². The normalized spacial score (nSPS) is 14.3. The van der Waals surface area contributed by atoms with Crippen molar-refractivity contribution in [2.24, 2.45) is 0 Å². The Balaban J connectivity index is 2.25. The van der Waals surface area contributed by atoms with Crippen LogP contribution in [0.1, 0.15) is 36.8 Å². The summed E-state index contributed by atoms with van der Waals surface area (Å²) < 4.78 is 1.36. The van der Waals surface area contributed by atoms with E-state index in [2.05, 4.69) is 56.3 Å². The second-order valence-corrected chi connectivity index (χ2v) is 5.87. The highest BCUT2D eigenvalue weighted by Gasteiger charge is 2.15. The van der Waals surface area contributed by atoms with Gasteiger partial charge < -0.3 is 5.32 Å². The van der Waals surface area contributed by atoms with Crippen molar-refractivity contribution >= 4 is 21.4 Å². The molecule has 1 aromatic heterocycles. The van der Waals surface area contributed by atoms with E-state index in [1.165, 1.54) is 20.5 Å². The molecule has 0 fully saturated rings. The monoisotopic (exact) mass is 257 g/mol. The van der Waals surface area contributed by atoms with E-state index in [9.17, 15) is 0 Å². The molecule has 0 saturated heterocycles. The molecule has 0 amide bonds. The molecule has 2 unspecified atom stereocenters. The number of rotatable bonds is 4. The van der Waals surface area contributed by atoms with Crippen molar-refractivity contribution < 1.29 is 0 Å². The molecule has 0 spiro atoms. The first-order chi connectivity index (χ1) is 8.63. The maximum absolute atomic E-state index is 5.35. The van der Waals surface area contributed by atoms with Gasteiger partial charge in [0.1, 0.15) is 0 Å². The molecule has 0 radical (unpaired) electrons. The summed E-state index contributed by atoms with van der Waals surface area (Å²) >= 11 is 1.88. The number of thiophene rings is 1. The van der Waals surface area contributed by atoms with E-state index in [0.29, 0.717) is 12.1 Å². The summed E-state index contributed by atoms with van der Waals surface area (Å²) in [4.78, 5) is 1.42. The summed E-state index contributed by atoms with van der Waals surface area (Å²) in [6, 6.07) is 9.29. The SMILES string of the molecule is C#CCC(C)NC(C)c1sc2ccccc2c1C. The minimum atomic E-state index is 0.353. The average molecular weight is 257 g/mol. The first kappa shape index (κ1) is 13.1. The van der Waals surface area contributed by atoms with Crippen LogP contribution in [-0.2, 0) is 0 Å². The van der Waals surface area contributed by atoms with Gasteiger partial charge in [0.2, 0.25) is 0 Å². The number of nitrogens with one attached hydrogen (secondary N) is 1. The van der Waals surface area contributed by atoms with Gasteiger partial charge >= 0.3 is 0 Å². The van der Waals surface area contributed by atoms with Crippen molar-refractivity contribution in [3.05, 3.63) is 34.7 Å². The fourth-order valence-corrected chi connectivity index (χ4v) is 3.57. The smallest absolute Gasteiger partial charge is 0.0391 e. The second-order valence-electron chi connectivity index (χ2n) is 4.79. The van der Waals surface area contributed by atoms with Crippen LogP contribution in [0.5, 0.6) is 0 Å². The van der Waals surface area contributed by atoms with Crippen LogP contribution in [0.3, 0.4) is 0 Å². The van der Waals surface area contributed by atoms with Gasteiger partial charge in [0, 0.05) is 28.1 Å². The van der Waals surface area contributed by atoms with Gasteiger partial charge in [-0.1, -0.05) is 18.2 Å². The van der Waals surface area contributed by atoms with E-state index in [1.54, 1.807) is 0 Å². The van der Waals surface area contributed by atoms with E-state index in [1.807, 2.05) is 11.3 Å². The lowest BCUT2D eigenvalue weighted by Gasteiger charge is -2.18. The Bertz CT molecular complexity index is 576. The Labute approximate surface area is 113 Å². The topological polar surface area (TPSA) is 12.0 Å². The van der Waals surface area contributed by atoms with Gasteiger partial charge in [0.05, 0.1) is 0 Å². The minimum Gasteiger partial charge on any atom is -0.306 e. The second kappa shape index (κ2) is 5.56. The number of fused-ring (bicyclic) bond motifs is 1. The molecule has 2 heteroatoms. The lowest BCUT2D eigenvalue weighted by molar-refractivity contribution is 0.490. The molecule has 2 atom stereocenters. The van der Waals surface area contributed by atoms with Crippen LogP contribution in [0.2, 0.25) is 0 Å². The van der Waals surface area contributed by atoms with E-state index in [0.717, 1.165) is 6.42 Å². The van der Waals surface area contributed by atoms with Crippen molar-refractivity contribution in [2.45, 2.75) is 39.3 Å². The molecule has 1 N–H and O–H groups in total. The maximum atomic E-state index is 5.35. The summed E-state index contributed by atoms with van der Waals surface area (Å²) in [5.41, 5.74) is 1.39. The predicted molar refractivity (Wildman–Crippen MR) is 81.0 cm³/mol. The third-order valence-electron chi connectivity index (χ3n) is 3.23. The highest BCUT2D eigenvalue weighted by molar-refractivity contribution is 7.19. The molecule has 1 nitrogen and oxygen atoms in total. The number of benzene rings is 1. The van der Waals surface area contributed by atoms with Crippen LogP contribution in [0, 0.1) is 19.3 Å². The van der Waals surface area contributed by atoms with Gasteiger partial charge in [-0.15, -0.1) is 23.7 Å². The molecule has 0 saturated carbocycles. The van der Waals surface area contributed by atoms with Crippen molar-refractivity contribution in [3.8, 4) is 12.3 Å². The van der Waals surface area contributed by atoms with Gasteiger partial charge in [-0.3, -0.25) is 0 Å². The first-order valence-electron chi connectivity index (χ1n) is 6.31. The Hall–Kier alpha value is -1.30. The highest BCUT2D eigenvalue weighted by atomic mass is 32.1.